The van der Waals surface area contributed by atoms with Crippen LogP contribution >= 0.6 is 22.7 Å². The lowest BCUT2D eigenvalue weighted by molar-refractivity contribution is 0.470. The van der Waals surface area contributed by atoms with E-state index in [4.69, 9.17) is 0 Å². The topological polar surface area (TPSA) is 24.9 Å². The van der Waals surface area contributed by atoms with Crippen molar-refractivity contribution >= 4 is 22.7 Å². The molecule has 2 atom stereocenters. The Morgan fingerprint density at radius 1 is 1.33 bits per heavy atom. The third-order valence-corrected chi connectivity index (χ3v) is 4.64. The minimum absolute atomic E-state index is 0.323. The fraction of sp³-hybridized carbons (Fsp3) is 0.500. The van der Waals surface area contributed by atoms with Crippen LogP contribution in [0.1, 0.15) is 41.0 Å². The van der Waals surface area contributed by atoms with Gasteiger partial charge >= 0.3 is 0 Å². The zero-order valence-corrected chi connectivity index (χ0v) is 13.0. The van der Waals surface area contributed by atoms with Gasteiger partial charge in [-0.25, -0.2) is 4.98 Å². The number of nitrogens with zero attached hydrogens (tertiary/aromatic N) is 1. The molecule has 0 saturated carbocycles. The molecule has 2 heterocycles. The molecule has 0 aliphatic carbocycles. The van der Waals surface area contributed by atoms with Crippen molar-refractivity contribution < 1.29 is 0 Å². The van der Waals surface area contributed by atoms with Gasteiger partial charge in [0.1, 0.15) is 0 Å². The first kappa shape index (κ1) is 13.7. The highest BCUT2D eigenvalue weighted by atomic mass is 32.1. The predicted octanol–water partition coefficient (Wildman–Crippen LogP) is 4.10. The Morgan fingerprint density at radius 3 is 2.67 bits per heavy atom. The molecule has 0 aliphatic heterocycles. The molecule has 98 valence electrons. The Bertz CT molecular complexity index is 488. The molecule has 2 nitrogen and oxygen atoms in total. The van der Waals surface area contributed by atoms with Gasteiger partial charge in [0.05, 0.1) is 10.7 Å². The van der Waals surface area contributed by atoms with Gasteiger partial charge in [0.15, 0.2) is 0 Å². The summed E-state index contributed by atoms with van der Waals surface area (Å²) in [4.78, 5) is 5.95. The quantitative estimate of drug-likeness (QED) is 0.892. The fourth-order valence-electron chi connectivity index (χ4n) is 2.27. The van der Waals surface area contributed by atoms with Crippen LogP contribution in [0.5, 0.6) is 0 Å². The van der Waals surface area contributed by atoms with Crippen molar-refractivity contribution in [1.82, 2.24) is 10.3 Å². The standard InChI is InChI=1S/C14H20N2S2/c1-9(7-13-5-6-17-8-13)15-10(2)14-11(3)18-12(4)16-14/h5-6,8-10,15H,7H2,1-4H3. The average Bonchev–Trinajstić information content (AvgIpc) is 2.88. The van der Waals surface area contributed by atoms with Crippen molar-refractivity contribution in [2.45, 2.75) is 46.2 Å². The molecule has 4 heteroatoms. The fourth-order valence-corrected chi connectivity index (χ4v) is 3.87. The highest BCUT2D eigenvalue weighted by molar-refractivity contribution is 7.11. The van der Waals surface area contributed by atoms with Crippen LogP contribution in [-0.4, -0.2) is 11.0 Å². The summed E-state index contributed by atoms with van der Waals surface area (Å²) in [6.45, 7) is 8.67. The minimum atomic E-state index is 0.323. The number of hydrogen-bond acceptors (Lipinski definition) is 4. The lowest BCUT2D eigenvalue weighted by Crippen LogP contribution is -2.31. The van der Waals surface area contributed by atoms with E-state index >= 15 is 0 Å². The van der Waals surface area contributed by atoms with Crippen LogP contribution in [0.15, 0.2) is 16.8 Å². The zero-order chi connectivity index (χ0) is 13.1. The summed E-state index contributed by atoms with van der Waals surface area (Å²) in [6, 6.07) is 2.99. The molecule has 0 bridgehead atoms. The van der Waals surface area contributed by atoms with Gasteiger partial charge in [0.2, 0.25) is 0 Å². The molecule has 2 aromatic rings. The monoisotopic (exact) mass is 280 g/mol. The second kappa shape index (κ2) is 5.95. The molecule has 0 fully saturated rings. The lowest BCUT2D eigenvalue weighted by atomic mass is 10.1. The van der Waals surface area contributed by atoms with Crippen LogP contribution in [0, 0.1) is 13.8 Å². The first-order chi connectivity index (χ1) is 8.56. The Kier molecular flexibility index (Phi) is 4.54. The van der Waals surface area contributed by atoms with Crippen molar-refractivity contribution in [2.75, 3.05) is 0 Å². The van der Waals surface area contributed by atoms with E-state index in [1.807, 2.05) is 0 Å². The van der Waals surface area contributed by atoms with Crippen LogP contribution in [0.25, 0.3) is 0 Å². The smallest absolute Gasteiger partial charge is 0.0900 e. The molecule has 18 heavy (non-hydrogen) atoms. The molecule has 2 aromatic heterocycles. The largest absolute Gasteiger partial charge is 0.306 e. The average molecular weight is 280 g/mol. The molecule has 2 unspecified atom stereocenters. The maximum Gasteiger partial charge on any atom is 0.0900 e. The number of thiazole rings is 1. The number of aryl methyl sites for hydroxylation is 2. The lowest BCUT2D eigenvalue weighted by Gasteiger charge is -2.19. The van der Waals surface area contributed by atoms with Crippen LogP contribution in [0.2, 0.25) is 0 Å². The summed E-state index contributed by atoms with van der Waals surface area (Å²) in [5, 5.41) is 9.15. The number of thiophene rings is 1. The summed E-state index contributed by atoms with van der Waals surface area (Å²) in [7, 11) is 0. The molecule has 1 N–H and O–H groups in total. The van der Waals surface area contributed by atoms with E-state index in [1.54, 1.807) is 22.7 Å². The Balaban J connectivity index is 1.94. The van der Waals surface area contributed by atoms with Crippen molar-refractivity contribution in [3.8, 4) is 0 Å². The molecule has 0 saturated heterocycles. The van der Waals surface area contributed by atoms with Gasteiger partial charge in [-0.05, 0) is 56.5 Å². The third-order valence-electron chi connectivity index (χ3n) is 3.01. The summed E-state index contributed by atoms with van der Waals surface area (Å²) < 4.78 is 0. The summed E-state index contributed by atoms with van der Waals surface area (Å²) in [5.41, 5.74) is 2.62. The van der Waals surface area contributed by atoms with E-state index in [9.17, 15) is 0 Å². The molecular weight excluding hydrogens is 260 g/mol. The SMILES string of the molecule is Cc1nc(C(C)NC(C)Cc2ccsc2)c(C)s1. The normalized spacial score (nSPS) is 14.7. The summed E-state index contributed by atoms with van der Waals surface area (Å²) in [6.07, 6.45) is 1.08. The summed E-state index contributed by atoms with van der Waals surface area (Å²) >= 11 is 3.54. The van der Waals surface area contributed by atoms with Crippen LogP contribution in [0.3, 0.4) is 0 Å². The van der Waals surface area contributed by atoms with Gasteiger partial charge in [0.25, 0.3) is 0 Å². The first-order valence-corrected chi connectivity index (χ1v) is 8.03. The molecule has 0 radical (unpaired) electrons. The molecular formula is C14H20N2S2. The predicted molar refractivity (Wildman–Crippen MR) is 80.6 cm³/mol. The minimum Gasteiger partial charge on any atom is -0.306 e. The third kappa shape index (κ3) is 3.40. The maximum atomic E-state index is 4.62. The number of rotatable bonds is 5. The molecule has 0 aromatic carbocycles. The van der Waals surface area contributed by atoms with Gasteiger partial charge in [-0.3, -0.25) is 0 Å². The van der Waals surface area contributed by atoms with Gasteiger partial charge < -0.3 is 5.32 Å². The van der Waals surface area contributed by atoms with E-state index in [0.717, 1.165) is 11.4 Å². The molecule has 2 rings (SSSR count). The summed E-state index contributed by atoms with van der Waals surface area (Å²) in [5.74, 6) is 0. The number of aromatic nitrogens is 1. The second-order valence-electron chi connectivity index (χ2n) is 4.80. The van der Waals surface area contributed by atoms with E-state index in [2.05, 4.69) is 54.8 Å². The molecule has 0 spiro atoms. The van der Waals surface area contributed by atoms with E-state index in [0.29, 0.717) is 12.1 Å². The Labute approximate surface area is 117 Å². The van der Waals surface area contributed by atoms with Crippen molar-refractivity contribution in [1.29, 1.82) is 0 Å². The van der Waals surface area contributed by atoms with Gasteiger partial charge in [-0.15, -0.1) is 11.3 Å². The van der Waals surface area contributed by atoms with Gasteiger partial charge in [0, 0.05) is 17.0 Å². The molecule has 0 aliphatic rings. The maximum absolute atomic E-state index is 4.62. The van der Waals surface area contributed by atoms with E-state index in [1.165, 1.54) is 16.1 Å². The Morgan fingerprint density at radius 2 is 2.11 bits per heavy atom. The van der Waals surface area contributed by atoms with Gasteiger partial charge in [-0.1, -0.05) is 0 Å². The van der Waals surface area contributed by atoms with Crippen LogP contribution in [-0.2, 0) is 6.42 Å². The second-order valence-corrected chi connectivity index (χ2v) is 6.99. The zero-order valence-electron chi connectivity index (χ0n) is 11.4. The molecule has 0 amide bonds. The first-order valence-electron chi connectivity index (χ1n) is 6.27. The van der Waals surface area contributed by atoms with Crippen LogP contribution < -0.4 is 5.32 Å². The van der Waals surface area contributed by atoms with E-state index in [-0.39, 0.29) is 0 Å². The van der Waals surface area contributed by atoms with Crippen molar-refractivity contribution in [2.24, 2.45) is 0 Å². The highest BCUT2D eigenvalue weighted by Gasteiger charge is 2.15. The van der Waals surface area contributed by atoms with Crippen molar-refractivity contribution in [3.05, 3.63) is 38.0 Å². The Hall–Kier alpha value is -0.710. The highest BCUT2D eigenvalue weighted by Crippen LogP contribution is 2.23. The van der Waals surface area contributed by atoms with Crippen molar-refractivity contribution in [3.63, 3.8) is 0 Å². The number of hydrogen-bond donors (Lipinski definition) is 1. The number of nitrogens with one attached hydrogen (secondary N) is 1. The van der Waals surface area contributed by atoms with Crippen LogP contribution in [0.4, 0.5) is 0 Å². The van der Waals surface area contributed by atoms with E-state index < -0.39 is 0 Å². The van der Waals surface area contributed by atoms with Gasteiger partial charge in [-0.2, -0.15) is 11.3 Å².